The van der Waals surface area contributed by atoms with Crippen LogP contribution in [-0.2, 0) is 16.0 Å². The molecule has 0 aliphatic heterocycles. The molecule has 2 rings (SSSR count). The van der Waals surface area contributed by atoms with E-state index < -0.39 is 5.97 Å². The molecule has 0 bridgehead atoms. The number of aryl methyl sites for hydroxylation is 1. The largest absolute Gasteiger partial charge is 0.427 e. The Hall–Kier alpha value is -3.15. The Bertz CT molecular complexity index is 802. The van der Waals surface area contributed by atoms with Crippen LogP contribution < -0.4 is 15.4 Å². The van der Waals surface area contributed by atoms with E-state index >= 15 is 0 Å². The van der Waals surface area contributed by atoms with Gasteiger partial charge in [-0.2, -0.15) is 0 Å². The number of carbonyl (C=O) groups is 3. The molecule has 0 fully saturated rings. The third-order valence-corrected chi connectivity index (χ3v) is 3.54. The van der Waals surface area contributed by atoms with Crippen LogP contribution in [0.15, 0.2) is 48.5 Å². The van der Waals surface area contributed by atoms with Gasteiger partial charge in [0.2, 0.25) is 5.91 Å². The van der Waals surface area contributed by atoms with Crippen molar-refractivity contribution in [3.63, 3.8) is 0 Å². The molecule has 0 radical (unpaired) electrons. The van der Waals surface area contributed by atoms with E-state index in [9.17, 15) is 14.4 Å². The average molecular weight is 354 g/mol. The van der Waals surface area contributed by atoms with Gasteiger partial charge in [-0.1, -0.05) is 35.9 Å². The fourth-order valence-electron chi connectivity index (χ4n) is 2.42. The van der Waals surface area contributed by atoms with Crippen molar-refractivity contribution < 1.29 is 19.1 Å². The standard InChI is InChI=1S/C20H22N2O4/c1-14-5-3-6-16(11-14)12-19(24)21-9-10-22-20(25)17-7-4-8-18(13-17)26-15(2)23/h3-8,11,13H,9-10,12H2,1-2H3,(H,21,24)(H,22,25). The molecule has 2 aromatic rings. The second-order valence-corrected chi connectivity index (χ2v) is 5.89. The Labute approximate surface area is 152 Å². The molecule has 136 valence electrons. The number of rotatable bonds is 7. The molecule has 0 saturated heterocycles. The minimum atomic E-state index is -0.445. The van der Waals surface area contributed by atoms with Gasteiger partial charge in [-0.25, -0.2) is 0 Å². The number of ether oxygens (including phenoxy) is 1. The first-order valence-corrected chi connectivity index (χ1v) is 8.33. The number of nitrogens with one attached hydrogen (secondary N) is 2. The molecule has 0 spiro atoms. The van der Waals surface area contributed by atoms with Crippen molar-refractivity contribution in [2.24, 2.45) is 0 Å². The molecule has 0 saturated carbocycles. The minimum absolute atomic E-state index is 0.0956. The Kier molecular flexibility index (Phi) is 6.91. The topological polar surface area (TPSA) is 84.5 Å². The predicted octanol–water partition coefficient (Wildman–Crippen LogP) is 2.01. The van der Waals surface area contributed by atoms with Crippen LogP contribution in [0.2, 0.25) is 0 Å². The summed E-state index contributed by atoms with van der Waals surface area (Å²) in [6, 6.07) is 14.1. The van der Waals surface area contributed by atoms with Gasteiger partial charge in [-0.15, -0.1) is 0 Å². The third-order valence-electron chi connectivity index (χ3n) is 3.54. The Balaban J connectivity index is 1.74. The van der Waals surface area contributed by atoms with Crippen LogP contribution in [0.1, 0.15) is 28.4 Å². The van der Waals surface area contributed by atoms with Crippen LogP contribution >= 0.6 is 0 Å². The lowest BCUT2D eigenvalue weighted by molar-refractivity contribution is -0.131. The highest BCUT2D eigenvalue weighted by Crippen LogP contribution is 2.13. The zero-order valence-electron chi connectivity index (χ0n) is 14.9. The van der Waals surface area contributed by atoms with Gasteiger partial charge in [0.25, 0.3) is 5.91 Å². The van der Waals surface area contributed by atoms with E-state index in [1.807, 2.05) is 31.2 Å². The smallest absolute Gasteiger partial charge is 0.308 e. The van der Waals surface area contributed by atoms with Crippen molar-refractivity contribution in [3.05, 3.63) is 65.2 Å². The Morgan fingerprint density at radius 2 is 1.69 bits per heavy atom. The van der Waals surface area contributed by atoms with Crippen molar-refractivity contribution in [1.29, 1.82) is 0 Å². The molecule has 0 unspecified atom stereocenters. The summed E-state index contributed by atoms with van der Waals surface area (Å²) in [5, 5.41) is 5.49. The highest BCUT2D eigenvalue weighted by atomic mass is 16.5. The van der Waals surface area contributed by atoms with E-state index in [2.05, 4.69) is 10.6 Å². The van der Waals surface area contributed by atoms with Crippen molar-refractivity contribution >= 4 is 17.8 Å². The van der Waals surface area contributed by atoms with Gasteiger partial charge in [-0.3, -0.25) is 14.4 Å². The quantitative estimate of drug-likeness (QED) is 0.453. The van der Waals surface area contributed by atoms with E-state index in [1.54, 1.807) is 18.2 Å². The van der Waals surface area contributed by atoms with E-state index in [1.165, 1.54) is 13.0 Å². The molecular formula is C20H22N2O4. The number of carbonyl (C=O) groups excluding carboxylic acids is 3. The van der Waals surface area contributed by atoms with Crippen LogP contribution in [0.3, 0.4) is 0 Å². The Morgan fingerprint density at radius 1 is 0.962 bits per heavy atom. The lowest BCUT2D eigenvalue weighted by Gasteiger charge is -2.08. The fourth-order valence-corrected chi connectivity index (χ4v) is 2.42. The maximum atomic E-state index is 12.1. The van der Waals surface area contributed by atoms with Gasteiger partial charge in [0.05, 0.1) is 6.42 Å². The van der Waals surface area contributed by atoms with Crippen LogP contribution in [0.4, 0.5) is 0 Å². The maximum absolute atomic E-state index is 12.1. The number of esters is 1. The van der Waals surface area contributed by atoms with Gasteiger partial charge in [0.15, 0.2) is 0 Å². The molecule has 0 heterocycles. The first-order chi connectivity index (χ1) is 12.4. The molecule has 2 aromatic carbocycles. The zero-order valence-corrected chi connectivity index (χ0v) is 14.9. The van der Waals surface area contributed by atoms with Crippen LogP contribution in [0.25, 0.3) is 0 Å². The number of amides is 2. The third kappa shape index (κ3) is 6.39. The summed E-state index contributed by atoms with van der Waals surface area (Å²) in [7, 11) is 0. The van der Waals surface area contributed by atoms with Crippen molar-refractivity contribution in [1.82, 2.24) is 10.6 Å². The average Bonchev–Trinajstić information content (AvgIpc) is 2.58. The zero-order chi connectivity index (χ0) is 18.9. The molecule has 0 aliphatic carbocycles. The summed E-state index contributed by atoms with van der Waals surface area (Å²) in [5.74, 6) is -0.524. The summed E-state index contributed by atoms with van der Waals surface area (Å²) < 4.78 is 4.95. The minimum Gasteiger partial charge on any atom is -0.427 e. The number of hydrogen-bond donors (Lipinski definition) is 2. The van der Waals surface area contributed by atoms with Gasteiger partial charge < -0.3 is 15.4 Å². The number of hydrogen-bond acceptors (Lipinski definition) is 4. The second kappa shape index (κ2) is 9.36. The molecule has 0 aliphatic rings. The van der Waals surface area contributed by atoms with Crippen molar-refractivity contribution in [2.75, 3.05) is 13.1 Å². The monoisotopic (exact) mass is 354 g/mol. The van der Waals surface area contributed by atoms with E-state index in [0.717, 1.165) is 11.1 Å². The summed E-state index contributed by atoms with van der Waals surface area (Å²) in [5.41, 5.74) is 2.45. The first-order valence-electron chi connectivity index (χ1n) is 8.33. The summed E-state index contributed by atoms with van der Waals surface area (Å²) in [4.78, 5) is 35.0. The summed E-state index contributed by atoms with van der Waals surface area (Å²) >= 11 is 0. The van der Waals surface area contributed by atoms with Gasteiger partial charge in [0, 0.05) is 25.6 Å². The van der Waals surface area contributed by atoms with Gasteiger partial charge in [-0.05, 0) is 30.7 Å². The summed E-state index contributed by atoms with van der Waals surface area (Å²) in [6.45, 7) is 3.91. The normalized spacial score (nSPS) is 10.1. The lowest BCUT2D eigenvalue weighted by Crippen LogP contribution is -2.35. The van der Waals surface area contributed by atoms with Crippen molar-refractivity contribution in [3.8, 4) is 5.75 Å². The Morgan fingerprint density at radius 3 is 2.42 bits per heavy atom. The first kappa shape index (κ1) is 19.2. The van der Waals surface area contributed by atoms with Crippen LogP contribution in [-0.4, -0.2) is 30.9 Å². The highest BCUT2D eigenvalue weighted by molar-refractivity contribution is 5.94. The highest BCUT2D eigenvalue weighted by Gasteiger charge is 2.08. The van der Waals surface area contributed by atoms with E-state index in [0.29, 0.717) is 30.8 Å². The van der Waals surface area contributed by atoms with E-state index in [-0.39, 0.29) is 11.8 Å². The van der Waals surface area contributed by atoms with E-state index in [4.69, 9.17) is 4.74 Å². The molecule has 26 heavy (non-hydrogen) atoms. The SMILES string of the molecule is CC(=O)Oc1cccc(C(=O)NCCNC(=O)Cc2cccc(C)c2)c1. The number of benzene rings is 2. The molecule has 2 amide bonds. The maximum Gasteiger partial charge on any atom is 0.308 e. The molecular weight excluding hydrogens is 332 g/mol. The lowest BCUT2D eigenvalue weighted by atomic mass is 10.1. The summed E-state index contributed by atoms with van der Waals surface area (Å²) in [6.07, 6.45) is 0.306. The molecule has 0 aromatic heterocycles. The van der Waals surface area contributed by atoms with Crippen LogP contribution in [0.5, 0.6) is 5.75 Å². The fraction of sp³-hybridized carbons (Fsp3) is 0.250. The van der Waals surface area contributed by atoms with Gasteiger partial charge in [0.1, 0.15) is 5.75 Å². The van der Waals surface area contributed by atoms with Gasteiger partial charge >= 0.3 is 5.97 Å². The molecule has 6 heteroatoms. The molecule has 6 nitrogen and oxygen atoms in total. The molecule has 0 atom stereocenters. The van der Waals surface area contributed by atoms with Crippen LogP contribution in [0, 0.1) is 6.92 Å². The predicted molar refractivity (Wildman–Crippen MR) is 98.0 cm³/mol. The van der Waals surface area contributed by atoms with Crippen molar-refractivity contribution in [2.45, 2.75) is 20.3 Å². The molecule has 2 N–H and O–H groups in total. The second-order valence-electron chi connectivity index (χ2n) is 5.89.